The van der Waals surface area contributed by atoms with Gasteiger partial charge in [0.1, 0.15) is 17.7 Å². The average Bonchev–Trinajstić information content (AvgIpc) is 2.82. The highest BCUT2D eigenvalue weighted by atomic mass is 35.5. The Labute approximate surface area is 91.2 Å². The first-order chi connectivity index (χ1) is 7.31. The first-order valence-electron chi connectivity index (χ1n) is 4.23. The molecule has 4 nitrogen and oxygen atoms in total. The molecule has 0 unspecified atom stereocenters. The van der Waals surface area contributed by atoms with E-state index in [9.17, 15) is 4.79 Å². The Balaban J connectivity index is 2.29. The number of carbonyl (C=O) groups excluding carboxylic acids is 1. The minimum Gasteiger partial charge on any atom is -0.343 e. The van der Waals surface area contributed by atoms with Gasteiger partial charge in [-0.3, -0.25) is 0 Å². The van der Waals surface area contributed by atoms with Gasteiger partial charge in [0.05, 0.1) is 5.56 Å². The van der Waals surface area contributed by atoms with Crippen molar-refractivity contribution in [3.05, 3.63) is 48.4 Å². The topological polar surface area (TPSA) is 44.1 Å². The highest BCUT2D eigenvalue weighted by Gasteiger charge is 2.06. The molecular formula is C10H7ClN2O2. The van der Waals surface area contributed by atoms with Crippen LogP contribution in [0.4, 0.5) is 0 Å². The predicted molar refractivity (Wildman–Crippen MR) is 54.8 cm³/mol. The quantitative estimate of drug-likeness (QED) is 0.782. The Kier molecular flexibility index (Phi) is 2.69. The lowest BCUT2D eigenvalue weighted by molar-refractivity contribution is 0.0751. The van der Waals surface area contributed by atoms with Gasteiger partial charge in [0.25, 0.3) is 0 Å². The first kappa shape index (κ1) is 9.73. The Hall–Kier alpha value is -1.81. The van der Waals surface area contributed by atoms with Crippen molar-refractivity contribution in [2.24, 2.45) is 0 Å². The molecule has 0 aromatic carbocycles. The zero-order valence-corrected chi connectivity index (χ0v) is 8.39. The highest BCUT2D eigenvalue weighted by molar-refractivity contribution is 6.15. The molecule has 0 saturated heterocycles. The second kappa shape index (κ2) is 4.14. The molecule has 0 amide bonds. The maximum absolute atomic E-state index is 11.0. The molecule has 0 radical (unpaired) electrons. The van der Waals surface area contributed by atoms with E-state index in [0.29, 0.717) is 5.56 Å². The monoisotopic (exact) mass is 222 g/mol. The Morgan fingerprint density at radius 1 is 1.33 bits per heavy atom. The number of aromatic nitrogens is 2. The fraction of sp³-hybridized carbons (Fsp3) is 0. The Bertz CT molecular complexity index is 451. The molecule has 2 heterocycles. The van der Waals surface area contributed by atoms with Gasteiger partial charge in [-0.1, -0.05) is 0 Å². The van der Waals surface area contributed by atoms with Crippen molar-refractivity contribution in [3.63, 3.8) is 0 Å². The molecule has 0 aliphatic rings. The number of pyridine rings is 1. The molecule has 0 bridgehead atoms. The van der Waals surface area contributed by atoms with Gasteiger partial charge >= 0.3 is 5.97 Å². The summed E-state index contributed by atoms with van der Waals surface area (Å²) in [5.74, 6) is 0.120. The van der Waals surface area contributed by atoms with Crippen LogP contribution in [0.15, 0.2) is 42.9 Å². The number of halogens is 1. The lowest BCUT2D eigenvalue weighted by Crippen LogP contribution is -2.01. The van der Waals surface area contributed by atoms with Crippen molar-refractivity contribution >= 4 is 17.8 Å². The van der Waals surface area contributed by atoms with Gasteiger partial charge in [-0.2, -0.15) is 0 Å². The summed E-state index contributed by atoms with van der Waals surface area (Å²) < 4.78 is 5.88. The third-order valence-electron chi connectivity index (χ3n) is 1.92. The van der Waals surface area contributed by atoms with Crippen LogP contribution in [0.25, 0.3) is 5.82 Å². The number of carbonyl (C=O) groups is 1. The second-order valence-electron chi connectivity index (χ2n) is 2.86. The summed E-state index contributed by atoms with van der Waals surface area (Å²) in [6, 6.07) is 7.10. The van der Waals surface area contributed by atoms with Gasteiger partial charge in [0.2, 0.25) is 0 Å². The van der Waals surface area contributed by atoms with E-state index in [4.69, 9.17) is 11.9 Å². The number of hydrogen-bond donors (Lipinski definition) is 0. The van der Waals surface area contributed by atoms with E-state index >= 15 is 0 Å². The zero-order chi connectivity index (χ0) is 10.7. The molecular weight excluding hydrogens is 216 g/mol. The molecule has 5 heteroatoms. The van der Waals surface area contributed by atoms with Gasteiger partial charge in [-0.05, 0) is 24.3 Å². The van der Waals surface area contributed by atoms with Crippen molar-refractivity contribution in [1.82, 2.24) is 9.55 Å². The lowest BCUT2D eigenvalue weighted by atomic mass is 10.3. The van der Waals surface area contributed by atoms with Gasteiger partial charge in [-0.25, -0.2) is 9.78 Å². The maximum Gasteiger partial charge on any atom is 0.357 e. The van der Waals surface area contributed by atoms with E-state index in [-0.39, 0.29) is 0 Å². The molecule has 0 saturated carbocycles. The smallest absolute Gasteiger partial charge is 0.343 e. The Morgan fingerprint density at radius 2 is 2.07 bits per heavy atom. The molecule has 0 spiro atoms. The van der Waals surface area contributed by atoms with E-state index in [0.717, 1.165) is 5.82 Å². The molecule has 15 heavy (non-hydrogen) atoms. The van der Waals surface area contributed by atoms with E-state index < -0.39 is 5.97 Å². The molecule has 2 aromatic heterocycles. The molecule has 2 rings (SSSR count). The largest absolute Gasteiger partial charge is 0.357 e. The highest BCUT2D eigenvalue weighted by Crippen LogP contribution is 2.07. The molecule has 0 N–H and O–H groups in total. The van der Waals surface area contributed by atoms with E-state index in [1.807, 2.05) is 29.1 Å². The molecule has 0 aliphatic carbocycles. The summed E-state index contributed by atoms with van der Waals surface area (Å²) in [7, 11) is 0. The Morgan fingerprint density at radius 3 is 2.60 bits per heavy atom. The average molecular weight is 223 g/mol. The number of hydrogen-bond acceptors (Lipinski definition) is 3. The van der Waals surface area contributed by atoms with Crippen molar-refractivity contribution in [2.75, 3.05) is 0 Å². The standard InChI is InChI=1S/C10H7ClN2O2/c11-15-10(14)8-3-4-9(12-7-8)13-5-1-2-6-13/h1-7H. The third-order valence-corrected chi connectivity index (χ3v) is 2.06. The van der Waals surface area contributed by atoms with Gasteiger partial charge in [0, 0.05) is 18.6 Å². The van der Waals surface area contributed by atoms with E-state index in [1.54, 1.807) is 12.1 Å². The van der Waals surface area contributed by atoms with Crippen LogP contribution in [0.5, 0.6) is 0 Å². The molecule has 2 aromatic rings. The zero-order valence-electron chi connectivity index (χ0n) is 7.63. The van der Waals surface area contributed by atoms with Gasteiger partial charge < -0.3 is 8.86 Å². The van der Waals surface area contributed by atoms with Crippen molar-refractivity contribution in [3.8, 4) is 5.82 Å². The van der Waals surface area contributed by atoms with Crippen LogP contribution < -0.4 is 0 Å². The second-order valence-corrected chi connectivity index (χ2v) is 3.01. The van der Waals surface area contributed by atoms with Crippen molar-refractivity contribution in [1.29, 1.82) is 0 Å². The van der Waals surface area contributed by atoms with Crippen LogP contribution in [0, 0.1) is 0 Å². The van der Waals surface area contributed by atoms with Gasteiger partial charge in [-0.15, -0.1) is 0 Å². The normalized spacial score (nSPS) is 9.93. The van der Waals surface area contributed by atoms with Crippen LogP contribution in [0.1, 0.15) is 10.4 Å². The minimum absolute atomic E-state index is 0.320. The summed E-state index contributed by atoms with van der Waals surface area (Å²) in [5.41, 5.74) is 0.320. The van der Waals surface area contributed by atoms with Crippen LogP contribution in [-0.4, -0.2) is 15.5 Å². The fourth-order valence-electron chi connectivity index (χ4n) is 1.19. The molecule has 0 fully saturated rings. The van der Waals surface area contributed by atoms with Crippen LogP contribution in [0.3, 0.4) is 0 Å². The van der Waals surface area contributed by atoms with Crippen LogP contribution in [-0.2, 0) is 4.29 Å². The van der Waals surface area contributed by atoms with Gasteiger partial charge in [0.15, 0.2) is 0 Å². The molecule has 76 valence electrons. The predicted octanol–water partition coefficient (Wildman–Crippen LogP) is 2.18. The van der Waals surface area contributed by atoms with Crippen LogP contribution >= 0.6 is 11.9 Å². The van der Waals surface area contributed by atoms with Crippen molar-refractivity contribution in [2.45, 2.75) is 0 Å². The molecule has 0 aliphatic heterocycles. The molecule has 0 atom stereocenters. The third kappa shape index (κ3) is 1.99. The maximum atomic E-state index is 11.0. The SMILES string of the molecule is O=C(OCl)c1ccc(-n2cccc2)nc1. The van der Waals surface area contributed by atoms with E-state index in [1.165, 1.54) is 6.20 Å². The summed E-state index contributed by atoms with van der Waals surface area (Å²) in [5, 5.41) is 0. The lowest BCUT2D eigenvalue weighted by Gasteiger charge is -2.01. The number of rotatable bonds is 2. The van der Waals surface area contributed by atoms with Crippen molar-refractivity contribution < 1.29 is 9.08 Å². The fourth-order valence-corrected chi connectivity index (χ4v) is 1.28. The summed E-state index contributed by atoms with van der Waals surface area (Å²) in [6.07, 6.45) is 5.14. The van der Waals surface area contributed by atoms with Crippen LogP contribution in [0.2, 0.25) is 0 Å². The number of nitrogens with zero attached hydrogens (tertiary/aromatic N) is 2. The summed E-state index contributed by atoms with van der Waals surface area (Å²) in [4.78, 5) is 15.1. The van der Waals surface area contributed by atoms with E-state index in [2.05, 4.69) is 9.27 Å². The summed E-state index contributed by atoms with van der Waals surface area (Å²) >= 11 is 4.94. The minimum atomic E-state index is -0.608. The first-order valence-corrected chi connectivity index (χ1v) is 4.54. The summed E-state index contributed by atoms with van der Waals surface area (Å²) in [6.45, 7) is 0.